The van der Waals surface area contributed by atoms with Gasteiger partial charge in [0.2, 0.25) is 27.8 Å². The zero-order chi connectivity index (χ0) is 24.3. The predicted octanol–water partition coefficient (Wildman–Crippen LogP) is 3.12. The summed E-state index contributed by atoms with van der Waals surface area (Å²) in [5.41, 5.74) is 1.21. The number of ether oxygens (including phenoxy) is 1. The number of aromatic nitrogens is 4. The molecule has 1 atom stereocenters. The average molecular weight is 487 g/mol. The summed E-state index contributed by atoms with van der Waals surface area (Å²) in [7, 11) is -2.08. The van der Waals surface area contributed by atoms with Crippen molar-refractivity contribution in [2.24, 2.45) is 0 Å². The standard InChI is InChI=1S/C22H23FN6O4S/c1-3-15(17-8-9-25-22(28-17)29-34(31,32)14-5-6-14)21(30)27-18-7-4-13(10-16(18)23)19-11-24-12-20(26-19)33-2/h4,7-12,14-15H,3,5-6H2,1-2H3,(H,27,30)(H,25,28,29). The molecule has 0 saturated heterocycles. The van der Waals surface area contributed by atoms with Gasteiger partial charge in [0.25, 0.3) is 0 Å². The fourth-order valence-electron chi connectivity index (χ4n) is 3.31. The SMILES string of the molecule is CCC(C(=O)Nc1ccc(-c2cncc(OC)n2)cc1F)c1ccnc(NS(=O)(=O)C2CC2)n1. The Morgan fingerprint density at radius 3 is 2.71 bits per heavy atom. The number of hydrogen-bond donors (Lipinski definition) is 2. The van der Waals surface area contributed by atoms with E-state index in [1.54, 1.807) is 13.0 Å². The third-order valence-electron chi connectivity index (χ3n) is 5.30. The van der Waals surface area contributed by atoms with Crippen molar-refractivity contribution in [2.45, 2.75) is 37.4 Å². The zero-order valence-electron chi connectivity index (χ0n) is 18.5. The fourth-order valence-corrected chi connectivity index (χ4v) is 4.59. The lowest BCUT2D eigenvalue weighted by Gasteiger charge is -2.16. The molecule has 12 heteroatoms. The van der Waals surface area contributed by atoms with Crippen molar-refractivity contribution in [3.05, 3.63) is 54.4 Å². The Kier molecular flexibility index (Phi) is 6.68. The Hall–Kier alpha value is -3.67. The number of carbonyl (C=O) groups is 1. The molecule has 2 heterocycles. The Bertz CT molecular complexity index is 1320. The van der Waals surface area contributed by atoms with Crippen molar-refractivity contribution in [3.8, 4) is 17.1 Å². The van der Waals surface area contributed by atoms with Crippen LogP contribution in [0.25, 0.3) is 11.3 Å². The van der Waals surface area contributed by atoms with Gasteiger partial charge in [0.15, 0.2) is 0 Å². The van der Waals surface area contributed by atoms with Crippen molar-refractivity contribution in [3.63, 3.8) is 0 Å². The van der Waals surface area contributed by atoms with Crippen LogP contribution in [-0.2, 0) is 14.8 Å². The highest BCUT2D eigenvalue weighted by atomic mass is 32.2. The Balaban J connectivity index is 1.50. The van der Waals surface area contributed by atoms with Crippen LogP contribution in [0.1, 0.15) is 37.8 Å². The topological polar surface area (TPSA) is 136 Å². The normalized spacial score (nSPS) is 14.3. The van der Waals surface area contributed by atoms with E-state index in [0.717, 1.165) is 0 Å². The maximum Gasteiger partial charge on any atom is 0.237 e. The highest BCUT2D eigenvalue weighted by Crippen LogP contribution is 2.30. The molecule has 0 bridgehead atoms. The van der Waals surface area contributed by atoms with Crippen LogP contribution in [-0.4, -0.2) is 46.6 Å². The lowest BCUT2D eigenvalue weighted by atomic mass is 10.0. The van der Waals surface area contributed by atoms with E-state index in [9.17, 15) is 17.6 Å². The van der Waals surface area contributed by atoms with Gasteiger partial charge in [-0.1, -0.05) is 13.0 Å². The number of nitrogens with zero attached hydrogens (tertiary/aromatic N) is 4. The number of halogens is 1. The van der Waals surface area contributed by atoms with Gasteiger partial charge in [0, 0.05) is 11.8 Å². The smallest absolute Gasteiger partial charge is 0.237 e. The fraction of sp³-hybridized carbons (Fsp3) is 0.318. The average Bonchev–Trinajstić information content (AvgIpc) is 3.67. The molecule has 4 rings (SSSR count). The van der Waals surface area contributed by atoms with Crippen LogP contribution in [0.15, 0.2) is 42.9 Å². The number of rotatable bonds is 9. The molecular weight excluding hydrogens is 463 g/mol. The third kappa shape index (κ3) is 5.28. The van der Waals surface area contributed by atoms with Gasteiger partial charge in [-0.2, -0.15) is 0 Å². The molecule has 1 saturated carbocycles. The van der Waals surface area contributed by atoms with Gasteiger partial charge in [-0.25, -0.2) is 27.8 Å². The second kappa shape index (κ2) is 9.67. The molecule has 1 aliphatic carbocycles. The molecule has 3 aromatic rings. The van der Waals surface area contributed by atoms with Crippen LogP contribution in [0, 0.1) is 5.82 Å². The number of sulfonamides is 1. The third-order valence-corrected chi connectivity index (χ3v) is 7.12. The number of anilines is 2. The molecular formula is C22H23FN6O4S. The number of carbonyl (C=O) groups excluding carboxylic acids is 1. The number of amides is 1. The minimum absolute atomic E-state index is 0.00762. The van der Waals surface area contributed by atoms with E-state index < -0.39 is 32.9 Å². The van der Waals surface area contributed by atoms with Crippen LogP contribution in [0.5, 0.6) is 5.88 Å². The summed E-state index contributed by atoms with van der Waals surface area (Å²) < 4.78 is 46.5. The molecule has 0 radical (unpaired) electrons. The minimum Gasteiger partial charge on any atom is -0.480 e. The van der Waals surface area contributed by atoms with E-state index in [-0.39, 0.29) is 11.6 Å². The van der Waals surface area contributed by atoms with Gasteiger partial charge < -0.3 is 10.1 Å². The summed E-state index contributed by atoms with van der Waals surface area (Å²) in [6.45, 7) is 1.78. The van der Waals surface area contributed by atoms with Crippen molar-refractivity contribution in [1.82, 2.24) is 19.9 Å². The van der Waals surface area contributed by atoms with Crippen molar-refractivity contribution >= 4 is 27.6 Å². The number of nitrogens with one attached hydrogen (secondary N) is 2. The first kappa shape index (κ1) is 23.5. The molecule has 178 valence electrons. The van der Waals surface area contributed by atoms with Gasteiger partial charge in [-0.3, -0.25) is 14.5 Å². The molecule has 10 nitrogen and oxygen atoms in total. The molecule has 1 aromatic carbocycles. The summed E-state index contributed by atoms with van der Waals surface area (Å²) in [5, 5.41) is 2.15. The van der Waals surface area contributed by atoms with Crippen molar-refractivity contribution in [1.29, 1.82) is 0 Å². The van der Waals surface area contributed by atoms with Gasteiger partial charge in [-0.15, -0.1) is 0 Å². The minimum atomic E-state index is -3.54. The van der Waals surface area contributed by atoms with Gasteiger partial charge in [0.1, 0.15) is 5.82 Å². The van der Waals surface area contributed by atoms with Gasteiger partial charge in [-0.05, 0) is 37.5 Å². The van der Waals surface area contributed by atoms with Crippen LogP contribution in [0.3, 0.4) is 0 Å². The molecule has 34 heavy (non-hydrogen) atoms. The lowest BCUT2D eigenvalue weighted by Crippen LogP contribution is -2.23. The van der Waals surface area contributed by atoms with Gasteiger partial charge >= 0.3 is 0 Å². The van der Waals surface area contributed by atoms with Crippen LogP contribution < -0.4 is 14.8 Å². The molecule has 1 amide bonds. The molecule has 1 aliphatic rings. The largest absolute Gasteiger partial charge is 0.480 e. The second-order valence-corrected chi connectivity index (χ2v) is 9.70. The number of benzene rings is 1. The summed E-state index contributed by atoms with van der Waals surface area (Å²) in [6, 6.07) is 5.82. The molecule has 1 fully saturated rings. The van der Waals surface area contributed by atoms with E-state index in [0.29, 0.717) is 42.1 Å². The second-order valence-electron chi connectivity index (χ2n) is 7.74. The van der Waals surface area contributed by atoms with Crippen molar-refractivity contribution < 1.29 is 22.3 Å². The lowest BCUT2D eigenvalue weighted by molar-refractivity contribution is -0.117. The van der Waals surface area contributed by atoms with Crippen molar-refractivity contribution in [2.75, 3.05) is 17.1 Å². The first-order chi connectivity index (χ1) is 16.3. The maximum atomic E-state index is 14.8. The van der Waals surface area contributed by atoms with Gasteiger partial charge in [0.05, 0.1) is 47.7 Å². The van der Waals surface area contributed by atoms with E-state index in [1.165, 1.54) is 43.9 Å². The van der Waals surface area contributed by atoms with E-state index >= 15 is 0 Å². The van der Waals surface area contributed by atoms with E-state index in [1.807, 2.05) is 0 Å². The summed E-state index contributed by atoms with van der Waals surface area (Å²) in [5.74, 6) is -1.67. The highest BCUT2D eigenvalue weighted by Gasteiger charge is 2.36. The highest BCUT2D eigenvalue weighted by molar-refractivity contribution is 7.93. The Morgan fingerprint density at radius 2 is 2.03 bits per heavy atom. The molecule has 2 aromatic heterocycles. The molecule has 0 spiro atoms. The monoisotopic (exact) mass is 486 g/mol. The summed E-state index contributed by atoms with van der Waals surface area (Å²) in [6.07, 6.45) is 5.86. The number of methoxy groups -OCH3 is 1. The molecule has 0 aliphatic heterocycles. The van der Waals surface area contributed by atoms with E-state index in [2.05, 4.69) is 30.0 Å². The first-order valence-electron chi connectivity index (χ1n) is 10.6. The van der Waals surface area contributed by atoms with Crippen LogP contribution >= 0.6 is 0 Å². The Morgan fingerprint density at radius 1 is 1.24 bits per heavy atom. The van der Waals surface area contributed by atoms with Crippen LogP contribution in [0.2, 0.25) is 0 Å². The quantitative estimate of drug-likeness (QED) is 0.471. The zero-order valence-corrected chi connectivity index (χ0v) is 19.3. The molecule has 2 N–H and O–H groups in total. The van der Waals surface area contributed by atoms with E-state index in [4.69, 9.17) is 4.74 Å². The summed E-state index contributed by atoms with van der Waals surface area (Å²) in [4.78, 5) is 29.3. The Labute approximate surface area is 196 Å². The predicted molar refractivity (Wildman–Crippen MR) is 123 cm³/mol. The number of hydrogen-bond acceptors (Lipinski definition) is 8. The molecule has 1 unspecified atom stereocenters. The first-order valence-corrected chi connectivity index (χ1v) is 12.2. The maximum absolute atomic E-state index is 14.8. The summed E-state index contributed by atoms with van der Waals surface area (Å²) >= 11 is 0. The van der Waals surface area contributed by atoms with Crippen LogP contribution in [0.4, 0.5) is 16.0 Å².